The van der Waals surface area contributed by atoms with Crippen molar-refractivity contribution in [1.29, 1.82) is 0 Å². The number of rotatable bonds is 2. The number of amides is 1. The van der Waals surface area contributed by atoms with Crippen LogP contribution in [0, 0.1) is 0 Å². The molecule has 0 aromatic heterocycles. The van der Waals surface area contributed by atoms with Crippen molar-refractivity contribution >= 4 is 17.5 Å². The molecule has 2 aromatic rings. The second kappa shape index (κ2) is 5.17. The highest BCUT2D eigenvalue weighted by atomic mass is 35.5. The normalized spacial score (nSPS) is 11.4. The van der Waals surface area contributed by atoms with Crippen molar-refractivity contribution < 1.29 is 18.0 Å². The summed E-state index contributed by atoms with van der Waals surface area (Å²) in [6, 6.07) is 9.00. The number of hydrogen-bond donors (Lipinski definition) is 1. The second-order valence-electron chi connectivity index (χ2n) is 4.10. The summed E-state index contributed by atoms with van der Waals surface area (Å²) in [5, 5.41) is 0.117. The van der Waals surface area contributed by atoms with Crippen LogP contribution >= 0.6 is 11.6 Å². The zero-order valence-electron chi connectivity index (χ0n) is 10.0. The van der Waals surface area contributed by atoms with E-state index >= 15 is 0 Å². The molecule has 0 spiro atoms. The average Bonchev–Trinajstić information content (AvgIpc) is 2.38. The third-order valence-corrected chi connectivity index (χ3v) is 3.10. The molecule has 0 aliphatic carbocycles. The van der Waals surface area contributed by atoms with Gasteiger partial charge in [-0.1, -0.05) is 29.8 Å². The molecule has 2 rings (SSSR count). The Morgan fingerprint density at radius 1 is 1.05 bits per heavy atom. The van der Waals surface area contributed by atoms with Gasteiger partial charge in [0, 0.05) is 16.1 Å². The van der Waals surface area contributed by atoms with E-state index in [9.17, 15) is 18.0 Å². The van der Waals surface area contributed by atoms with E-state index in [0.717, 1.165) is 6.07 Å². The molecule has 0 bridgehead atoms. The minimum Gasteiger partial charge on any atom is -0.366 e. The lowest BCUT2D eigenvalue weighted by Gasteiger charge is -2.14. The Kier molecular flexibility index (Phi) is 3.72. The number of nitrogens with two attached hydrogens (primary N) is 1. The van der Waals surface area contributed by atoms with Crippen LogP contribution in [0.4, 0.5) is 13.2 Å². The Bertz CT molecular complexity index is 668. The van der Waals surface area contributed by atoms with Crippen LogP contribution in [-0.2, 0) is 6.18 Å². The quantitative estimate of drug-likeness (QED) is 0.890. The molecule has 104 valence electrons. The molecule has 0 atom stereocenters. The molecule has 2 N–H and O–H groups in total. The van der Waals surface area contributed by atoms with E-state index in [1.54, 1.807) is 0 Å². The first-order valence-electron chi connectivity index (χ1n) is 5.56. The molecule has 20 heavy (non-hydrogen) atoms. The van der Waals surface area contributed by atoms with Crippen LogP contribution in [0.1, 0.15) is 15.9 Å². The van der Waals surface area contributed by atoms with Crippen molar-refractivity contribution in [1.82, 2.24) is 0 Å². The Labute approximate surface area is 118 Å². The number of carbonyl (C=O) groups excluding carboxylic acids is 1. The number of primary amides is 1. The maximum atomic E-state index is 13.0. The van der Waals surface area contributed by atoms with Crippen LogP contribution in [-0.4, -0.2) is 5.91 Å². The fourth-order valence-electron chi connectivity index (χ4n) is 1.85. The lowest BCUT2D eigenvalue weighted by atomic mass is 9.97. The van der Waals surface area contributed by atoms with Crippen LogP contribution in [0.3, 0.4) is 0 Å². The minimum absolute atomic E-state index is 0.0897. The Balaban J connectivity index is 2.69. The molecule has 2 nitrogen and oxygen atoms in total. The summed E-state index contributed by atoms with van der Waals surface area (Å²) >= 11 is 5.94. The number of hydrogen-bond acceptors (Lipinski definition) is 1. The van der Waals surface area contributed by atoms with E-state index in [2.05, 4.69) is 0 Å². The fourth-order valence-corrected chi connectivity index (χ4v) is 2.07. The molecule has 0 aliphatic heterocycles. The number of carbonyl (C=O) groups is 1. The van der Waals surface area contributed by atoms with Gasteiger partial charge in [0.25, 0.3) is 0 Å². The fraction of sp³-hybridized carbons (Fsp3) is 0.0714. The van der Waals surface area contributed by atoms with Crippen LogP contribution in [0.25, 0.3) is 11.1 Å². The molecule has 0 saturated heterocycles. The summed E-state index contributed by atoms with van der Waals surface area (Å²) in [4.78, 5) is 11.1. The summed E-state index contributed by atoms with van der Waals surface area (Å²) in [6.07, 6.45) is -4.51. The Hall–Kier alpha value is -2.01. The van der Waals surface area contributed by atoms with E-state index in [1.807, 2.05) is 0 Å². The van der Waals surface area contributed by atoms with Gasteiger partial charge >= 0.3 is 6.18 Å². The van der Waals surface area contributed by atoms with Gasteiger partial charge in [-0.3, -0.25) is 4.79 Å². The number of halogens is 4. The summed E-state index contributed by atoms with van der Waals surface area (Å²) in [5.74, 6) is -0.729. The van der Waals surface area contributed by atoms with Gasteiger partial charge in [0.05, 0.1) is 5.56 Å². The van der Waals surface area contributed by atoms with E-state index < -0.39 is 17.6 Å². The average molecular weight is 300 g/mol. The molecular weight excluding hydrogens is 291 g/mol. The van der Waals surface area contributed by atoms with Crippen molar-refractivity contribution in [3.8, 4) is 11.1 Å². The van der Waals surface area contributed by atoms with Gasteiger partial charge < -0.3 is 5.73 Å². The minimum atomic E-state index is -4.51. The monoisotopic (exact) mass is 299 g/mol. The van der Waals surface area contributed by atoms with Crippen LogP contribution < -0.4 is 5.73 Å². The topological polar surface area (TPSA) is 43.1 Å². The standard InChI is InChI=1S/C14H9ClF3NO/c15-12-6-5-8(13(19)20)7-10(12)9-3-1-2-4-11(9)14(16,17)18/h1-7H,(H2,19,20). The maximum absolute atomic E-state index is 13.0. The maximum Gasteiger partial charge on any atom is 0.417 e. The first-order chi connectivity index (χ1) is 9.30. The largest absolute Gasteiger partial charge is 0.417 e. The molecule has 0 saturated carbocycles. The van der Waals surface area contributed by atoms with Crippen LogP contribution in [0.15, 0.2) is 42.5 Å². The highest BCUT2D eigenvalue weighted by Crippen LogP contribution is 2.39. The van der Waals surface area contributed by atoms with Crippen LogP contribution in [0.2, 0.25) is 5.02 Å². The highest BCUT2D eigenvalue weighted by Gasteiger charge is 2.33. The zero-order chi connectivity index (χ0) is 14.9. The molecule has 1 amide bonds. The molecule has 6 heteroatoms. The Morgan fingerprint density at radius 2 is 1.70 bits per heavy atom. The van der Waals surface area contributed by atoms with Gasteiger partial charge in [-0.25, -0.2) is 0 Å². The van der Waals surface area contributed by atoms with E-state index in [4.69, 9.17) is 17.3 Å². The summed E-state index contributed by atoms with van der Waals surface area (Å²) in [7, 11) is 0. The van der Waals surface area contributed by atoms with Crippen molar-refractivity contribution in [2.45, 2.75) is 6.18 Å². The van der Waals surface area contributed by atoms with Gasteiger partial charge in [0.2, 0.25) is 5.91 Å². The molecular formula is C14H9ClF3NO. The summed E-state index contributed by atoms with van der Waals surface area (Å²) in [5.41, 5.74) is 4.44. The summed E-state index contributed by atoms with van der Waals surface area (Å²) in [6.45, 7) is 0. The van der Waals surface area contributed by atoms with Crippen LogP contribution in [0.5, 0.6) is 0 Å². The van der Waals surface area contributed by atoms with Crippen molar-refractivity contribution in [3.05, 3.63) is 58.6 Å². The SMILES string of the molecule is NC(=O)c1ccc(Cl)c(-c2ccccc2C(F)(F)F)c1. The first-order valence-corrected chi connectivity index (χ1v) is 5.94. The van der Waals surface area contributed by atoms with E-state index in [0.29, 0.717) is 0 Å². The van der Waals surface area contributed by atoms with Gasteiger partial charge in [0.15, 0.2) is 0 Å². The third kappa shape index (κ3) is 2.77. The summed E-state index contributed by atoms with van der Waals surface area (Å²) < 4.78 is 39.0. The molecule has 0 radical (unpaired) electrons. The number of benzene rings is 2. The van der Waals surface area contributed by atoms with Gasteiger partial charge in [-0.2, -0.15) is 13.2 Å². The zero-order valence-corrected chi connectivity index (χ0v) is 10.8. The van der Waals surface area contributed by atoms with Gasteiger partial charge in [0.1, 0.15) is 0 Å². The predicted octanol–water partition coefficient (Wildman–Crippen LogP) is 4.12. The van der Waals surface area contributed by atoms with E-state index in [-0.39, 0.29) is 21.7 Å². The lowest BCUT2D eigenvalue weighted by molar-refractivity contribution is -0.137. The molecule has 2 aromatic carbocycles. The molecule has 0 heterocycles. The van der Waals surface area contributed by atoms with Crippen molar-refractivity contribution in [3.63, 3.8) is 0 Å². The Morgan fingerprint density at radius 3 is 2.30 bits per heavy atom. The van der Waals surface area contributed by atoms with Crippen molar-refractivity contribution in [2.75, 3.05) is 0 Å². The van der Waals surface area contributed by atoms with Gasteiger partial charge in [-0.05, 0) is 29.8 Å². The number of alkyl halides is 3. The van der Waals surface area contributed by atoms with E-state index in [1.165, 1.54) is 36.4 Å². The third-order valence-electron chi connectivity index (χ3n) is 2.77. The molecule has 0 fully saturated rings. The van der Waals surface area contributed by atoms with Crippen molar-refractivity contribution in [2.24, 2.45) is 5.73 Å². The second-order valence-corrected chi connectivity index (χ2v) is 4.51. The van der Waals surface area contributed by atoms with Gasteiger partial charge in [-0.15, -0.1) is 0 Å². The molecule has 0 unspecified atom stereocenters. The molecule has 0 aliphatic rings. The lowest BCUT2D eigenvalue weighted by Crippen LogP contribution is -2.11. The first kappa shape index (κ1) is 14.4. The smallest absolute Gasteiger partial charge is 0.366 e. The predicted molar refractivity (Wildman–Crippen MR) is 70.4 cm³/mol. The highest BCUT2D eigenvalue weighted by molar-refractivity contribution is 6.33.